The van der Waals surface area contributed by atoms with Crippen LogP contribution in [0.5, 0.6) is 5.75 Å². The van der Waals surface area contributed by atoms with Gasteiger partial charge in [-0.2, -0.15) is 4.98 Å². The second-order valence-electron chi connectivity index (χ2n) is 11.6. The molecule has 0 saturated carbocycles. The molecule has 0 radical (unpaired) electrons. The molecule has 7 nitrogen and oxygen atoms in total. The Morgan fingerprint density at radius 1 is 0.952 bits per heavy atom. The van der Waals surface area contributed by atoms with Crippen LogP contribution in [0.3, 0.4) is 0 Å². The second kappa shape index (κ2) is 11.9. The fourth-order valence-corrected chi connectivity index (χ4v) is 10.7. The van der Waals surface area contributed by atoms with E-state index in [-0.39, 0.29) is 28.4 Å². The molecular weight excluding hydrogens is 564 g/mol. The van der Waals surface area contributed by atoms with Gasteiger partial charge in [0.1, 0.15) is 11.6 Å². The van der Waals surface area contributed by atoms with E-state index >= 15 is 0 Å². The van der Waals surface area contributed by atoms with E-state index in [1.54, 1.807) is 23.1 Å². The van der Waals surface area contributed by atoms with E-state index in [2.05, 4.69) is 79.3 Å². The van der Waals surface area contributed by atoms with E-state index in [0.717, 1.165) is 17.0 Å². The number of carbonyl (C=O) groups is 1. The first kappa shape index (κ1) is 29.8. The Hall–Kier alpha value is -3.72. The zero-order valence-corrected chi connectivity index (χ0v) is 26.7. The van der Waals surface area contributed by atoms with Gasteiger partial charge in [0.15, 0.2) is 0 Å². The maximum absolute atomic E-state index is 14.3. The molecule has 9 heteroatoms. The summed E-state index contributed by atoms with van der Waals surface area (Å²) in [5.41, 5.74) is 1.56. The minimum absolute atomic E-state index is 0.0942. The lowest BCUT2D eigenvalue weighted by Crippen LogP contribution is -2.67. The van der Waals surface area contributed by atoms with E-state index < -0.39 is 8.32 Å². The van der Waals surface area contributed by atoms with Gasteiger partial charge < -0.3 is 9.16 Å². The predicted molar refractivity (Wildman–Crippen MR) is 172 cm³/mol. The fraction of sp³-hybridized carbons (Fsp3) is 0.303. The molecule has 0 unspecified atom stereocenters. The summed E-state index contributed by atoms with van der Waals surface area (Å²) in [6.07, 6.45) is 1.71. The van der Waals surface area contributed by atoms with Crippen LogP contribution in [0.15, 0.2) is 91.1 Å². The molecule has 1 aliphatic rings. The van der Waals surface area contributed by atoms with Gasteiger partial charge in [-0.25, -0.2) is 9.78 Å². The molecule has 0 spiro atoms. The van der Waals surface area contributed by atoms with Crippen LogP contribution in [-0.2, 0) is 4.43 Å². The quantitative estimate of drug-likeness (QED) is 0.168. The van der Waals surface area contributed by atoms with Crippen LogP contribution in [0, 0.1) is 0 Å². The number of hydrogen-bond donors (Lipinski definition) is 0. The third-order valence-corrected chi connectivity index (χ3v) is 13.2. The molecule has 42 heavy (non-hydrogen) atoms. The number of fused-ring (bicyclic) bond motifs is 1. The van der Waals surface area contributed by atoms with Gasteiger partial charge in [-0.15, -0.1) is 0 Å². The van der Waals surface area contributed by atoms with Gasteiger partial charge in [0.25, 0.3) is 8.32 Å². The lowest BCUT2D eigenvalue weighted by Gasteiger charge is -2.46. The van der Waals surface area contributed by atoms with E-state index in [9.17, 15) is 4.79 Å². The number of benzene rings is 3. The zero-order valence-electron chi connectivity index (χ0n) is 24.9. The Morgan fingerprint density at radius 3 is 2.05 bits per heavy atom. The first-order valence-electron chi connectivity index (χ1n) is 14.1. The summed E-state index contributed by atoms with van der Waals surface area (Å²) in [4.78, 5) is 26.6. The molecule has 0 N–H and O–H groups in total. The third kappa shape index (κ3) is 5.30. The minimum atomic E-state index is -2.83. The molecule has 0 aliphatic carbocycles. The summed E-state index contributed by atoms with van der Waals surface area (Å²) < 4.78 is 12.5. The van der Waals surface area contributed by atoms with Crippen LogP contribution in [0.4, 0.5) is 16.3 Å². The van der Waals surface area contributed by atoms with Crippen LogP contribution in [-0.4, -0.2) is 44.1 Å². The number of halogens is 1. The van der Waals surface area contributed by atoms with E-state index in [4.69, 9.17) is 20.8 Å². The molecular formula is C33H37ClN4O3Si. The van der Waals surface area contributed by atoms with Crippen molar-refractivity contribution < 1.29 is 14.0 Å². The Bertz CT molecular complexity index is 1490. The van der Waals surface area contributed by atoms with Crippen LogP contribution in [0.25, 0.3) is 0 Å². The SMILES string of the molecule is COc1ccc(N2C(=O)N([C@H](C)CO[Si](c3ccccc3)(c3ccccc3)C(C)(C)C)c3nc(Cl)ncc3[C@@H]2C)cc1. The van der Waals surface area contributed by atoms with Crippen molar-refractivity contribution in [2.24, 2.45) is 0 Å². The number of urea groups is 1. The van der Waals surface area contributed by atoms with E-state index in [0.29, 0.717) is 12.4 Å². The van der Waals surface area contributed by atoms with Crippen molar-refractivity contribution >= 4 is 47.8 Å². The molecule has 3 aromatic carbocycles. The number of aromatic nitrogens is 2. The highest BCUT2D eigenvalue weighted by molar-refractivity contribution is 6.99. The maximum Gasteiger partial charge on any atom is 0.331 e. The number of nitrogens with zero attached hydrogens (tertiary/aromatic N) is 4. The van der Waals surface area contributed by atoms with E-state index in [1.165, 1.54) is 10.4 Å². The largest absolute Gasteiger partial charge is 0.497 e. The molecule has 2 amide bonds. The minimum Gasteiger partial charge on any atom is -0.497 e. The highest BCUT2D eigenvalue weighted by Gasteiger charge is 2.51. The molecule has 1 aliphatic heterocycles. The van der Waals surface area contributed by atoms with Crippen molar-refractivity contribution in [1.82, 2.24) is 9.97 Å². The topological polar surface area (TPSA) is 67.8 Å². The summed E-state index contributed by atoms with van der Waals surface area (Å²) in [5.74, 6) is 1.23. The number of carbonyl (C=O) groups excluding carboxylic acids is 1. The Morgan fingerprint density at radius 2 is 1.52 bits per heavy atom. The number of methoxy groups -OCH3 is 1. The van der Waals surface area contributed by atoms with Crippen molar-refractivity contribution in [2.75, 3.05) is 23.5 Å². The van der Waals surface area contributed by atoms with Crippen molar-refractivity contribution in [3.05, 3.63) is 102 Å². The molecule has 0 fully saturated rings. The molecule has 4 aromatic rings. The van der Waals surface area contributed by atoms with Crippen LogP contribution >= 0.6 is 11.6 Å². The first-order valence-corrected chi connectivity index (χ1v) is 16.4. The van der Waals surface area contributed by atoms with Crippen molar-refractivity contribution in [1.29, 1.82) is 0 Å². The van der Waals surface area contributed by atoms with Gasteiger partial charge in [0.05, 0.1) is 25.8 Å². The predicted octanol–water partition coefficient (Wildman–Crippen LogP) is 6.61. The van der Waals surface area contributed by atoms with Gasteiger partial charge in [0.2, 0.25) is 5.28 Å². The Kier molecular flexibility index (Phi) is 8.41. The standard InChI is InChI=1S/C33H37ClN4O3Si/c1-23(22-41-42(33(3,4)5,27-13-9-7-10-14-27)28-15-11-8-12-16-28)37-30-29(21-35-31(34)36-30)24(2)38(32(37)39)25-17-19-26(40-6)20-18-25/h7-21,23-24H,22H2,1-6H3/t23-,24+/m1/s1. The molecule has 218 valence electrons. The monoisotopic (exact) mass is 600 g/mol. The zero-order chi connectivity index (χ0) is 30.1. The number of hydrogen-bond acceptors (Lipinski definition) is 5. The first-order chi connectivity index (χ1) is 20.1. The number of amides is 2. The lowest BCUT2D eigenvalue weighted by molar-refractivity contribution is 0.235. The molecule has 0 bridgehead atoms. The number of ether oxygens (including phenoxy) is 1. The average Bonchev–Trinajstić information content (AvgIpc) is 2.98. The lowest BCUT2D eigenvalue weighted by atomic mass is 10.0. The second-order valence-corrected chi connectivity index (χ2v) is 16.3. The maximum atomic E-state index is 14.3. The summed E-state index contributed by atoms with van der Waals surface area (Å²) in [5, 5.41) is 2.26. The number of anilines is 2. The average molecular weight is 601 g/mol. The summed E-state index contributed by atoms with van der Waals surface area (Å²) in [7, 11) is -1.21. The van der Waals surface area contributed by atoms with Gasteiger partial charge in [0, 0.05) is 17.4 Å². The highest BCUT2D eigenvalue weighted by Crippen LogP contribution is 2.41. The van der Waals surface area contributed by atoms with Crippen LogP contribution in [0.2, 0.25) is 10.3 Å². The molecule has 2 atom stereocenters. The normalized spacial score (nSPS) is 16.3. The third-order valence-electron chi connectivity index (χ3n) is 7.99. The summed E-state index contributed by atoms with van der Waals surface area (Å²) in [6.45, 7) is 11.0. The van der Waals surface area contributed by atoms with Gasteiger partial charge >= 0.3 is 6.03 Å². The Balaban J connectivity index is 1.56. The van der Waals surface area contributed by atoms with Crippen molar-refractivity contribution in [3.8, 4) is 5.75 Å². The van der Waals surface area contributed by atoms with Gasteiger partial charge in [-0.1, -0.05) is 81.4 Å². The van der Waals surface area contributed by atoms with Crippen LogP contribution in [0.1, 0.15) is 46.2 Å². The van der Waals surface area contributed by atoms with E-state index in [1.807, 2.05) is 50.2 Å². The molecule has 1 aromatic heterocycles. The fourth-order valence-electron chi connectivity index (χ4n) is 5.92. The van der Waals surface area contributed by atoms with Crippen molar-refractivity contribution in [2.45, 2.75) is 51.7 Å². The molecule has 5 rings (SSSR count). The highest BCUT2D eigenvalue weighted by atomic mass is 35.5. The van der Waals surface area contributed by atoms with Crippen molar-refractivity contribution in [3.63, 3.8) is 0 Å². The summed E-state index contributed by atoms with van der Waals surface area (Å²) in [6, 6.07) is 27.6. The molecule has 2 heterocycles. The summed E-state index contributed by atoms with van der Waals surface area (Å²) >= 11 is 6.29. The van der Waals surface area contributed by atoms with Crippen LogP contribution < -0.4 is 24.9 Å². The Labute approximate surface area is 254 Å². The van der Waals surface area contributed by atoms with Gasteiger partial charge in [-0.3, -0.25) is 9.80 Å². The smallest absolute Gasteiger partial charge is 0.331 e. The molecule has 0 saturated heterocycles. The number of rotatable bonds is 8. The van der Waals surface area contributed by atoms with Gasteiger partial charge in [-0.05, 0) is 65.1 Å².